The maximum absolute atomic E-state index is 10.2. The fourth-order valence-electron chi connectivity index (χ4n) is 2.35. The number of fused-ring (bicyclic) bond motifs is 3. The Morgan fingerprint density at radius 2 is 1.48 bits per heavy atom. The molecule has 104 valence electrons. The number of hydrazone groups is 1. The third-order valence-electron chi connectivity index (χ3n) is 3.13. The minimum absolute atomic E-state index is 0.201. The summed E-state index contributed by atoms with van der Waals surface area (Å²) in [6.45, 7) is 0. The molecular weight excluding hydrogens is 270 g/mol. The highest BCUT2D eigenvalue weighted by molar-refractivity contribution is 6.26. The van der Waals surface area contributed by atoms with Crippen molar-refractivity contribution >= 4 is 11.7 Å². The van der Waals surface area contributed by atoms with E-state index in [-0.39, 0.29) is 5.96 Å². The average Bonchev–Trinajstić information content (AvgIpc) is 2.80. The molecule has 1 aliphatic rings. The summed E-state index contributed by atoms with van der Waals surface area (Å²) in [5.74, 6) is -0.201. The van der Waals surface area contributed by atoms with Gasteiger partial charge < -0.3 is 15.8 Å². The van der Waals surface area contributed by atoms with E-state index in [2.05, 4.69) is 10.1 Å². The lowest BCUT2D eigenvalue weighted by atomic mass is 10.1. The van der Waals surface area contributed by atoms with Gasteiger partial charge >= 0.3 is 5.96 Å². The third-order valence-corrected chi connectivity index (χ3v) is 3.13. The second-order valence-corrected chi connectivity index (χ2v) is 4.38. The van der Waals surface area contributed by atoms with Gasteiger partial charge in [-0.3, -0.25) is 0 Å². The number of nitro groups is 1. The number of rotatable bonds is 2. The number of aliphatic imine (C=N–C) groups is 1. The zero-order chi connectivity index (χ0) is 14.8. The van der Waals surface area contributed by atoms with Gasteiger partial charge in [0.1, 0.15) is 0 Å². The van der Waals surface area contributed by atoms with E-state index >= 15 is 0 Å². The first-order valence-corrected chi connectivity index (χ1v) is 6.18. The Morgan fingerprint density at radius 3 is 1.95 bits per heavy atom. The lowest BCUT2D eigenvalue weighted by molar-refractivity contribution is -0.545. The van der Waals surface area contributed by atoms with Gasteiger partial charge in [-0.1, -0.05) is 48.5 Å². The van der Waals surface area contributed by atoms with E-state index in [9.17, 15) is 10.1 Å². The van der Waals surface area contributed by atoms with Crippen molar-refractivity contribution in [3.63, 3.8) is 0 Å². The van der Waals surface area contributed by atoms with Gasteiger partial charge in [0, 0.05) is 11.1 Å². The van der Waals surface area contributed by atoms with Crippen LogP contribution in [0.3, 0.4) is 0 Å². The van der Waals surface area contributed by atoms with E-state index in [1.807, 2.05) is 48.5 Å². The van der Waals surface area contributed by atoms with Crippen LogP contribution in [-0.2, 0) is 0 Å². The summed E-state index contributed by atoms with van der Waals surface area (Å²) in [5.41, 5.74) is 11.9. The van der Waals surface area contributed by atoms with Crippen LogP contribution in [0, 0.1) is 10.1 Å². The summed E-state index contributed by atoms with van der Waals surface area (Å²) >= 11 is 0. The first-order valence-electron chi connectivity index (χ1n) is 6.18. The van der Waals surface area contributed by atoms with Gasteiger partial charge in [0.25, 0.3) is 0 Å². The summed E-state index contributed by atoms with van der Waals surface area (Å²) in [6.07, 6.45) is 0. The van der Waals surface area contributed by atoms with Crippen molar-refractivity contribution in [3.8, 4) is 11.1 Å². The smallest absolute Gasteiger partial charge is 0.344 e. The predicted octanol–water partition coefficient (Wildman–Crippen LogP) is 1.52. The van der Waals surface area contributed by atoms with Crippen LogP contribution in [0.15, 0.2) is 58.6 Å². The van der Waals surface area contributed by atoms with Gasteiger partial charge in [-0.05, 0) is 16.7 Å². The summed E-state index contributed by atoms with van der Waals surface area (Å²) in [4.78, 5) is 14.4. The van der Waals surface area contributed by atoms with E-state index in [0.717, 1.165) is 22.3 Å². The van der Waals surface area contributed by atoms with Crippen LogP contribution in [0.25, 0.3) is 11.1 Å². The topological polar surface area (TPSA) is 106 Å². The Labute approximate surface area is 119 Å². The molecule has 0 fully saturated rings. The number of nitrogens with two attached hydrogens (primary N) is 1. The van der Waals surface area contributed by atoms with Gasteiger partial charge in [-0.25, -0.2) is 0 Å². The third kappa shape index (κ3) is 2.32. The van der Waals surface area contributed by atoms with Crippen LogP contribution >= 0.6 is 0 Å². The molecule has 0 aliphatic heterocycles. The molecule has 0 radical (unpaired) electrons. The number of hydrogen-bond acceptors (Lipinski definition) is 3. The summed E-state index contributed by atoms with van der Waals surface area (Å²) in [7, 11) is 0. The molecule has 0 saturated heterocycles. The van der Waals surface area contributed by atoms with Crippen molar-refractivity contribution in [2.24, 2.45) is 15.8 Å². The SMILES string of the molecule is N/C(N=C1c2ccccc2-c2ccccc21)=N\N[N+](=O)[O-]. The standard InChI is InChI=1S/C14H11N5O2/c15-14(17-18-19(20)21)16-13-11-7-3-1-5-9(11)10-6-2-4-8-12(10)13/h1-8,18H,(H2,15,17). The second kappa shape index (κ2) is 5.04. The first kappa shape index (κ1) is 12.8. The minimum Gasteiger partial charge on any atom is -0.344 e. The molecule has 21 heavy (non-hydrogen) atoms. The molecule has 2 aromatic carbocycles. The molecule has 0 amide bonds. The average molecular weight is 281 g/mol. The Morgan fingerprint density at radius 1 is 1.00 bits per heavy atom. The van der Waals surface area contributed by atoms with Crippen LogP contribution in [0.1, 0.15) is 11.1 Å². The Kier molecular flexibility index (Phi) is 3.07. The van der Waals surface area contributed by atoms with Gasteiger partial charge in [0.15, 0.2) is 0 Å². The van der Waals surface area contributed by atoms with Crippen LogP contribution in [0.5, 0.6) is 0 Å². The van der Waals surface area contributed by atoms with E-state index in [1.165, 1.54) is 0 Å². The fourth-order valence-corrected chi connectivity index (χ4v) is 2.35. The molecule has 0 atom stereocenters. The maximum atomic E-state index is 10.2. The monoisotopic (exact) mass is 281 g/mol. The summed E-state index contributed by atoms with van der Waals surface area (Å²) in [5, 5.41) is 12.8. The van der Waals surface area contributed by atoms with Crippen LogP contribution in [0.2, 0.25) is 0 Å². The van der Waals surface area contributed by atoms with Crippen molar-refractivity contribution in [2.45, 2.75) is 0 Å². The number of guanidine groups is 1. The molecule has 0 saturated carbocycles. The Hall–Kier alpha value is -3.22. The van der Waals surface area contributed by atoms with Crippen molar-refractivity contribution < 1.29 is 5.03 Å². The molecule has 3 rings (SSSR count). The first-order chi connectivity index (χ1) is 10.2. The van der Waals surface area contributed by atoms with Crippen molar-refractivity contribution in [3.05, 3.63) is 69.8 Å². The molecule has 1 aliphatic carbocycles. The minimum atomic E-state index is -0.802. The van der Waals surface area contributed by atoms with Crippen molar-refractivity contribution in [1.29, 1.82) is 0 Å². The highest BCUT2D eigenvalue weighted by Crippen LogP contribution is 2.36. The van der Waals surface area contributed by atoms with Crippen molar-refractivity contribution in [2.75, 3.05) is 0 Å². The van der Waals surface area contributed by atoms with Crippen LogP contribution < -0.4 is 11.3 Å². The van der Waals surface area contributed by atoms with Gasteiger partial charge in [-0.2, -0.15) is 4.99 Å². The second-order valence-electron chi connectivity index (χ2n) is 4.38. The Bertz CT molecular complexity index is 735. The van der Waals surface area contributed by atoms with E-state index in [4.69, 9.17) is 5.73 Å². The Balaban J connectivity index is 2.10. The largest absolute Gasteiger partial charge is 0.361 e. The summed E-state index contributed by atoms with van der Waals surface area (Å²) < 4.78 is 0. The molecule has 0 bridgehead atoms. The van der Waals surface area contributed by atoms with Crippen LogP contribution in [-0.4, -0.2) is 16.7 Å². The van der Waals surface area contributed by atoms with E-state index in [1.54, 1.807) is 5.53 Å². The van der Waals surface area contributed by atoms with Gasteiger partial charge in [0.05, 0.1) is 15.8 Å². The fraction of sp³-hybridized carbons (Fsp3) is 0. The van der Waals surface area contributed by atoms with E-state index < -0.39 is 5.03 Å². The number of hydrogen-bond donors (Lipinski definition) is 2. The van der Waals surface area contributed by atoms with Gasteiger partial charge in [-0.15, -0.1) is 0 Å². The zero-order valence-electron chi connectivity index (χ0n) is 10.9. The lowest BCUT2D eigenvalue weighted by Crippen LogP contribution is -2.21. The molecule has 3 N–H and O–H groups in total. The number of nitrogens with zero attached hydrogens (tertiary/aromatic N) is 3. The van der Waals surface area contributed by atoms with Crippen molar-refractivity contribution in [1.82, 2.24) is 5.53 Å². The molecule has 0 aromatic heterocycles. The molecule has 7 nitrogen and oxygen atoms in total. The van der Waals surface area contributed by atoms with Gasteiger partial charge in [0.2, 0.25) is 0 Å². The number of hydrazine groups is 1. The van der Waals surface area contributed by atoms with Crippen LogP contribution in [0.4, 0.5) is 0 Å². The predicted molar refractivity (Wildman–Crippen MR) is 79.3 cm³/mol. The number of nitrogens with one attached hydrogen (secondary N) is 1. The normalized spacial score (nSPS) is 12.6. The quantitative estimate of drug-likeness (QED) is 0.321. The molecule has 2 aromatic rings. The highest BCUT2D eigenvalue weighted by atomic mass is 16.7. The molecule has 0 heterocycles. The molecule has 0 spiro atoms. The molecule has 0 unspecified atom stereocenters. The molecular formula is C14H11N5O2. The highest BCUT2D eigenvalue weighted by Gasteiger charge is 2.24. The maximum Gasteiger partial charge on any atom is 0.361 e. The zero-order valence-corrected chi connectivity index (χ0v) is 10.9. The number of benzene rings is 2. The lowest BCUT2D eigenvalue weighted by Gasteiger charge is -1.99. The summed E-state index contributed by atoms with van der Waals surface area (Å²) in [6, 6.07) is 15.6. The molecule has 7 heteroatoms. The van der Waals surface area contributed by atoms with E-state index in [0.29, 0.717) is 5.71 Å².